The Kier molecular flexibility index (Phi) is 3.29. The Labute approximate surface area is 115 Å². The van der Waals surface area contributed by atoms with Crippen molar-refractivity contribution in [3.8, 4) is 0 Å². The number of hydrogen-bond donors (Lipinski definition) is 1. The standard InChI is InChI=1S/C18H21N/c1-13-16(7-4-8-18(13)19)11-14-9-10-15-5-2-3-6-17(15)12-14/h4,7-10,12H,2-3,5-6,11,19H2,1H3. The first-order chi connectivity index (χ1) is 9.24. The SMILES string of the molecule is Cc1c(N)cccc1Cc1ccc2c(c1)CCCC2. The molecular formula is C18H21N. The van der Waals surface area contributed by atoms with E-state index < -0.39 is 0 Å². The zero-order valence-corrected chi connectivity index (χ0v) is 11.6. The van der Waals surface area contributed by atoms with Gasteiger partial charge in [-0.25, -0.2) is 0 Å². The van der Waals surface area contributed by atoms with Crippen molar-refractivity contribution >= 4 is 5.69 Å². The van der Waals surface area contributed by atoms with Crippen LogP contribution in [0.25, 0.3) is 0 Å². The van der Waals surface area contributed by atoms with Crippen LogP contribution in [0.5, 0.6) is 0 Å². The number of rotatable bonds is 2. The van der Waals surface area contributed by atoms with E-state index in [0.29, 0.717) is 0 Å². The van der Waals surface area contributed by atoms with Gasteiger partial charge in [0.1, 0.15) is 0 Å². The van der Waals surface area contributed by atoms with E-state index in [2.05, 4.69) is 37.3 Å². The molecule has 1 aliphatic carbocycles. The van der Waals surface area contributed by atoms with Crippen LogP contribution in [0.3, 0.4) is 0 Å². The zero-order chi connectivity index (χ0) is 13.2. The Morgan fingerprint density at radius 3 is 2.63 bits per heavy atom. The summed E-state index contributed by atoms with van der Waals surface area (Å²) >= 11 is 0. The zero-order valence-electron chi connectivity index (χ0n) is 11.6. The lowest BCUT2D eigenvalue weighted by Crippen LogP contribution is -2.04. The minimum atomic E-state index is 0.899. The molecule has 0 bridgehead atoms. The number of aryl methyl sites for hydroxylation is 2. The molecule has 0 unspecified atom stereocenters. The maximum absolute atomic E-state index is 5.99. The maximum atomic E-state index is 5.99. The number of anilines is 1. The van der Waals surface area contributed by atoms with Crippen molar-refractivity contribution < 1.29 is 0 Å². The molecule has 0 heterocycles. The van der Waals surface area contributed by atoms with Crippen LogP contribution in [0.4, 0.5) is 5.69 Å². The van der Waals surface area contributed by atoms with Gasteiger partial charge in [0.2, 0.25) is 0 Å². The largest absolute Gasteiger partial charge is 0.399 e. The Hall–Kier alpha value is -1.76. The third-order valence-electron chi connectivity index (χ3n) is 4.30. The lowest BCUT2D eigenvalue weighted by Gasteiger charge is -2.17. The molecule has 0 aromatic heterocycles. The summed E-state index contributed by atoms with van der Waals surface area (Å²) in [5.74, 6) is 0. The first-order valence-corrected chi connectivity index (χ1v) is 7.18. The van der Waals surface area contributed by atoms with Crippen molar-refractivity contribution in [3.63, 3.8) is 0 Å². The Morgan fingerprint density at radius 1 is 1.00 bits per heavy atom. The molecule has 2 aromatic carbocycles. The fourth-order valence-corrected chi connectivity index (χ4v) is 3.01. The van der Waals surface area contributed by atoms with Crippen molar-refractivity contribution in [2.75, 3.05) is 5.73 Å². The van der Waals surface area contributed by atoms with Gasteiger partial charge in [0, 0.05) is 5.69 Å². The first-order valence-electron chi connectivity index (χ1n) is 7.18. The molecule has 3 rings (SSSR count). The van der Waals surface area contributed by atoms with Crippen molar-refractivity contribution in [3.05, 3.63) is 64.2 Å². The summed E-state index contributed by atoms with van der Waals surface area (Å²) in [6.07, 6.45) is 6.19. The van der Waals surface area contributed by atoms with Gasteiger partial charge >= 0.3 is 0 Å². The number of hydrogen-bond acceptors (Lipinski definition) is 1. The minimum Gasteiger partial charge on any atom is -0.399 e. The molecular weight excluding hydrogens is 230 g/mol. The lowest BCUT2D eigenvalue weighted by molar-refractivity contribution is 0.684. The Balaban J connectivity index is 1.89. The fourth-order valence-electron chi connectivity index (χ4n) is 3.01. The van der Waals surface area contributed by atoms with E-state index in [1.54, 1.807) is 11.1 Å². The number of nitrogens with two attached hydrogens (primary N) is 1. The molecule has 2 N–H and O–H groups in total. The van der Waals surface area contributed by atoms with Gasteiger partial charge in [-0.3, -0.25) is 0 Å². The molecule has 1 heteroatoms. The molecule has 0 fully saturated rings. The first kappa shape index (κ1) is 12.3. The maximum Gasteiger partial charge on any atom is 0.0346 e. The highest BCUT2D eigenvalue weighted by Crippen LogP contribution is 2.24. The molecule has 2 aromatic rings. The van der Waals surface area contributed by atoms with E-state index in [-0.39, 0.29) is 0 Å². The summed E-state index contributed by atoms with van der Waals surface area (Å²) in [5, 5.41) is 0. The molecule has 0 saturated carbocycles. The number of nitrogen functional groups attached to an aromatic ring is 1. The summed E-state index contributed by atoms with van der Waals surface area (Å²) in [7, 11) is 0. The highest BCUT2D eigenvalue weighted by atomic mass is 14.6. The molecule has 0 radical (unpaired) electrons. The van der Waals surface area contributed by atoms with Crippen LogP contribution < -0.4 is 5.73 Å². The van der Waals surface area contributed by atoms with E-state index in [9.17, 15) is 0 Å². The minimum absolute atomic E-state index is 0.899. The van der Waals surface area contributed by atoms with Crippen LogP contribution >= 0.6 is 0 Å². The van der Waals surface area contributed by atoms with Crippen molar-refractivity contribution in [1.82, 2.24) is 0 Å². The summed E-state index contributed by atoms with van der Waals surface area (Å²) in [5.41, 5.74) is 14.0. The van der Waals surface area contributed by atoms with Gasteiger partial charge in [0.05, 0.1) is 0 Å². The topological polar surface area (TPSA) is 26.0 Å². The molecule has 0 amide bonds. The van der Waals surface area contributed by atoms with Gasteiger partial charge in [-0.15, -0.1) is 0 Å². The highest BCUT2D eigenvalue weighted by molar-refractivity contribution is 5.51. The number of fused-ring (bicyclic) bond motifs is 1. The van der Waals surface area contributed by atoms with Crippen molar-refractivity contribution in [2.24, 2.45) is 0 Å². The molecule has 0 spiro atoms. The molecule has 1 aliphatic rings. The molecule has 19 heavy (non-hydrogen) atoms. The smallest absolute Gasteiger partial charge is 0.0346 e. The number of benzene rings is 2. The second-order valence-corrected chi connectivity index (χ2v) is 5.62. The highest BCUT2D eigenvalue weighted by Gasteiger charge is 2.10. The van der Waals surface area contributed by atoms with Gasteiger partial charge in [0.25, 0.3) is 0 Å². The van der Waals surface area contributed by atoms with Crippen LogP contribution in [0.2, 0.25) is 0 Å². The van der Waals surface area contributed by atoms with E-state index in [0.717, 1.165) is 12.1 Å². The van der Waals surface area contributed by atoms with Crippen LogP contribution in [0.1, 0.15) is 40.7 Å². The summed E-state index contributed by atoms with van der Waals surface area (Å²) in [6, 6.07) is 13.2. The predicted molar refractivity (Wildman–Crippen MR) is 81.5 cm³/mol. The summed E-state index contributed by atoms with van der Waals surface area (Å²) < 4.78 is 0. The Morgan fingerprint density at radius 2 is 1.79 bits per heavy atom. The van der Waals surface area contributed by atoms with Gasteiger partial charge in [-0.05, 0) is 72.9 Å². The van der Waals surface area contributed by atoms with E-state index >= 15 is 0 Å². The Bertz CT molecular complexity index is 599. The van der Waals surface area contributed by atoms with Crippen LogP contribution in [0.15, 0.2) is 36.4 Å². The molecule has 0 aliphatic heterocycles. The van der Waals surface area contributed by atoms with E-state index in [1.165, 1.54) is 42.4 Å². The van der Waals surface area contributed by atoms with Gasteiger partial charge in [-0.1, -0.05) is 30.3 Å². The normalized spacial score (nSPS) is 14.2. The van der Waals surface area contributed by atoms with E-state index in [1.807, 2.05) is 6.07 Å². The quantitative estimate of drug-likeness (QED) is 0.801. The van der Waals surface area contributed by atoms with Gasteiger partial charge in [0.15, 0.2) is 0 Å². The average Bonchev–Trinajstić information content (AvgIpc) is 2.44. The predicted octanol–water partition coefficient (Wildman–Crippen LogP) is 4.05. The second kappa shape index (κ2) is 5.08. The van der Waals surface area contributed by atoms with E-state index in [4.69, 9.17) is 5.73 Å². The van der Waals surface area contributed by atoms with Crippen LogP contribution in [-0.2, 0) is 19.3 Å². The lowest BCUT2D eigenvalue weighted by atomic mass is 9.89. The summed E-state index contributed by atoms with van der Waals surface area (Å²) in [6.45, 7) is 2.11. The van der Waals surface area contributed by atoms with Crippen molar-refractivity contribution in [1.29, 1.82) is 0 Å². The molecule has 0 atom stereocenters. The third-order valence-corrected chi connectivity index (χ3v) is 4.30. The monoisotopic (exact) mass is 251 g/mol. The van der Waals surface area contributed by atoms with Gasteiger partial charge < -0.3 is 5.73 Å². The molecule has 0 saturated heterocycles. The fraction of sp³-hybridized carbons (Fsp3) is 0.333. The van der Waals surface area contributed by atoms with Crippen LogP contribution in [-0.4, -0.2) is 0 Å². The van der Waals surface area contributed by atoms with Crippen molar-refractivity contribution in [2.45, 2.75) is 39.0 Å². The third kappa shape index (κ3) is 2.51. The average molecular weight is 251 g/mol. The second-order valence-electron chi connectivity index (χ2n) is 5.62. The summed E-state index contributed by atoms with van der Waals surface area (Å²) in [4.78, 5) is 0. The molecule has 1 nitrogen and oxygen atoms in total. The van der Waals surface area contributed by atoms with Gasteiger partial charge in [-0.2, -0.15) is 0 Å². The molecule has 98 valence electrons. The van der Waals surface area contributed by atoms with Crippen LogP contribution in [0, 0.1) is 6.92 Å².